The maximum Gasteiger partial charge on any atom is 0.407 e. The number of sulfonamides is 1. The fourth-order valence-corrected chi connectivity index (χ4v) is 6.23. The Kier molecular flexibility index (Phi) is 8.73. The van der Waals surface area contributed by atoms with Crippen LogP contribution >= 0.6 is 11.3 Å². The molecule has 0 bridgehead atoms. The summed E-state index contributed by atoms with van der Waals surface area (Å²) in [5, 5.41) is 6.12. The minimum Gasteiger partial charge on any atom is -0.443 e. The molecular weight excluding hydrogens is 496 g/mol. The lowest BCUT2D eigenvalue weighted by molar-refractivity contribution is -0.0233. The van der Waals surface area contributed by atoms with Crippen LogP contribution in [-0.4, -0.2) is 44.2 Å². The minimum absolute atomic E-state index is 0.216. The molecule has 1 fully saturated rings. The van der Waals surface area contributed by atoms with Crippen LogP contribution in [0.2, 0.25) is 0 Å². The van der Waals surface area contributed by atoms with E-state index in [4.69, 9.17) is 4.74 Å². The van der Waals surface area contributed by atoms with Crippen molar-refractivity contribution in [3.63, 3.8) is 0 Å². The zero-order valence-corrected chi connectivity index (χ0v) is 21.9. The van der Waals surface area contributed by atoms with E-state index in [2.05, 4.69) is 20.3 Å². The van der Waals surface area contributed by atoms with Gasteiger partial charge in [0.25, 0.3) is 0 Å². The lowest BCUT2D eigenvalue weighted by atomic mass is 9.84. The van der Waals surface area contributed by atoms with Crippen LogP contribution in [0.25, 0.3) is 0 Å². The highest BCUT2D eigenvalue weighted by molar-refractivity contribution is 7.89. The third-order valence-electron chi connectivity index (χ3n) is 6.31. The van der Waals surface area contributed by atoms with Gasteiger partial charge in [-0.3, -0.25) is 4.98 Å². The van der Waals surface area contributed by atoms with Gasteiger partial charge in [0.05, 0.1) is 17.0 Å². The third-order valence-corrected chi connectivity index (χ3v) is 8.63. The molecule has 2 heterocycles. The number of carbonyl (C=O) groups is 1. The highest BCUT2D eigenvalue weighted by Gasteiger charge is 2.39. The van der Waals surface area contributed by atoms with Gasteiger partial charge < -0.3 is 15.4 Å². The summed E-state index contributed by atoms with van der Waals surface area (Å²) in [7, 11) is -3.77. The van der Waals surface area contributed by atoms with Crippen LogP contribution in [0.15, 0.2) is 71.2 Å². The molecule has 0 radical (unpaired) electrons. The van der Waals surface area contributed by atoms with Crippen LogP contribution in [-0.2, 0) is 27.7 Å². The van der Waals surface area contributed by atoms with Gasteiger partial charge in [0.1, 0.15) is 5.60 Å². The number of ether oxygens (including phenoxy) is 1. The molecule has 0 aliphatic carbocycles. The Morgan fingerprint density at radius 1 is 1.14 bits per heavy atom. The van der Waals surface area contributed by atoms with E-state index in [1.807, 2.05) is 37.3 Å². The Bertz CT molecular complexity index is 1210. The number of piperidine rings is 1. The molecule has 36 heavy (non-hydrogen) atoms. The number of amides is 1. The van der Waals surface area contributed by atoms with E-state index in [9.17, 15) is 13.2 Å². The molecule has 1 aliphatic heterocycles. The van der Waals surface area contributed by atoms with Gasteiger partial charge in [-0.15, -0.1) is 11.3 Å². The topological polar surface area (TPSA) is 109 Å². The first kappa shape index (κ1) is 26.3. The number of nitrogens with one attached hydrogen (secondary N) is 3. The minimum atomic E-state index is -3.77. The Hall–Kier alpha value is -2.79. The van der Waals surface area contributed by atoms with Crippen molar-refractivity contribution in [2.75, 3.05) is 13.1 Å². The molecule has 1 unspecified atom stereocenters. The summed E-state index contributed by atoms with van der Waals surface area (Å²) in [5.41, 5.74) is 2.91. The predicted octanol–water partition coefficient (Wildman–Crippen LogP) is 3.78. The van der Waals surface area contributed by atoms with Crippen molar-refractivity contribution >= 4 is 27.5 Å². The maximum absolute atomic E-state index is 13.3. The fourth-order valence-electron chi connectivity index (χ4n) is 4.46. The molecule has 3 aromatic rings. The Balaban J connectivity index is 1.53. The van der Waals surface area contributed by atoms with Gasteiger partial charge in [0.15, 0.2) is 0 Å². The average molecular weight is 529 g/mol. The summed E-state index contributed by atoms with van der Waals surface area (Å²) in [5.74, 6) is 0. The van der Waals surface area contributed by atoms with Crippen molar-refractivity contribution < 1.29 is 17.9 Å². The number of thiazole rings is 1. The van der Waals surface area contributed by atoms with Crippen molar-refractivity contribution in [1.29, 1.82) is 0 Å². The quantitative estimate of drug-likeness (QED) is 0.370. The van der Waals surface area contributed by atoms with Crippen LogP contribution in [0.5, 0.6) is 0 Å². The van der Waals surface area contributed by atoms with Crippen LogP contribution in [0.4, 0.5) is 4.79 Å². The fraction of sp³-hybridized carbons (Fsp3) is 0.385. The lowest BCUT2D eigenvalue weighted by Gasteiger charge is -2.39. The van der Waals surface area contributed by atoms with E-state index in [1.165, 1.54) is 11.3 Å². The zero-order chi connectivity index (χ0) is 25.4. The maximum atomic E-state index is 13.3. The number of hydrogen-bond acceptors (Lipinski definition) is 7. The summed E-state index contributed by atoms with van der Waals surface area (Å²) in [6, 6.07) is 16.1. The standard InChI is InChI=1S/C26H32N4O4S2/c1-20-7-9-24(10-8-20)36(32,33)30-22(15-21-5-3-2-4-6-21)16-26(11-13-27-14-12-26)34-25(31)29-18-23-17-28-19-35-23/h2-10,17,19,22,27,30H,11-16,18H2,1H3,(H,29,31). The van der Waals surface area contributed by atoms with Gasteiger partial charge in [-0.1, -0.05) is 48.0 Å². The summed E-state index contributed by atoms with van der Waals surface area (Å²) in [6.45, 7) is 3.63. The second-order valence-corrected chi connectivity index (χ2v) is 11.9. The second-order valence-electron chi connectivity index (χ2n) is 9.17. The number of rotatable bonds is 10. The number of benzene rings is 2. The summed E-state index contributed by atoms with van der Waals surface area (Å²) >= 11 is 1.46. The molecule has 192 valence electrons. The van der Waals surface area contributed by atoms with E-state index in [0.717, 1.165) is 16.0 Å². The average Bonchev–Trinajstić information content (AvgIpc) is 3.38. The van der Waals surface area contributed by atoms with Crippen molar-refractivity contribution in [1.82, 2.24) is 20.3 Å². The molecule has 0 saturated carbocycles. The molecular formula is C26H32N4O4S2. The smallest absolute Gasteiger partial charge is 0.407 e. The van der Waals surface area contributed by atoms with Gasteiger partial charge in [-0.2, -0.15) is 0 Å². The Labute approximate surface area is 216 Å². The largest absolute Gasteiger partial charge is 0.443 e. The summed E-state index contributed by atoms with van der Waals surface area (Å²) in [4.78, 5) is 18.0. The zero-order valence-electron chi connectivity index (χ0n) is 20.3. The summed E-state index contributed by atoms with van der Waals surface area (Å²) in [6.07, 6.45) is 3.23. The first-order chi connectivity index (χ1) is 17.3. The van der Waals surface area contributed by atoms with Crippen LogP contribution in [0.3, 0.4) is 0 Å². The first-order valence-electron chi connectivity index (χ1n) is 12.0. The molecule has 1 saturated heterocycles. The highest BCUT2D eigenvalue weighted by Crippen LogP contribution is 2.30. The van der Waals surface area contributed by atoms with E-state index in [0.29, 0.717) is 45.3 Å². The van der Waals surface area contributed by atoms with E-state index in [-0.39, 0.29) is 4.90 Å². The molecule has 1 aromatic heterocycles. The number of carbonyl (C=O) groups excluding carboxylic acids is 1. The predicted molar refractivity (Wildman–Crippen MR) is 140 cm³/mol. The molecule has 3 N–H and O–H groups in total. The molecule has 1 atom stereocenters. The van der Waals surface area contributed by atoms with Gasteiger partial charge >= 0.3 is 6.09 Å². The summed E-state index contributed by atoms with van der Waals surface area (Å²) < 4.78 is 35.5. The molecule has 0 spiro atoms. The van der Waals surface area contributed by atoms with Crippen molar-refractivity contribution in [3.05, 3.63) is 82.3 Å². The normalized spacial score (nSPS) is 16.2. The molecule has 8 nitrogen and oxygen atoms in total. The second kappa shape index (κ2) is 12.0. The van der Waals surface area contributed by atoms with Gasteiger partial charge in [-0.05, 0) is 57.0 Å². The van der Waals surface area contributed by atoms with Crippen molar-refractivity contribution in [2.24, 2.45) is 0 Å². The Morgan fingerprint density at radius 2 is 1.86 bits per heavy atom. The van der Waals surface area contributed by atoms with Crippen molar-refractivity contribution in [3.8, 4) is 0 Å². The van der Waals surface area contributed by atoms with Gasteiger partial charge in [0, 0.05) is 23.5 Å². The Morgan fingerprint density at radius 3 is 2.53 bits per heavy atom. The number of aromatic nitrogens is 1. The molecule has 1 amide bonds. The van der Waals surface area contributed by atoms with Crippen molar-refractivity contribution in [2.45, 2.75) is 55.7 Å². The van der Waals surface area contributed by atoms with E-state index in [1.54, 1.807) is 36.0 Å². The number of nitrogens with zero attached hydrogens (tertiary/aromatic N) is 1. The van der Waals surface area contributed by atoms with Crippen LogP contribution in [0, 0.1) is 6.92 Å². The number of aryl methyl sites for hydroxylation is 1. The lowest BCUT2D eigenvalue weighted by Crippen LogP contribution is -2.51. The van der Waals surface area contributed by atoms with Gasteiger partial charge in [0.2, 0.25) is 10.0 Å². The van der Waals surface area contributed by atoms with Crippen LogP contribution < -0.4 is 15.4 Å². The third kappa shape index (κ3) is 7.36. The SMILES string of the molecule is Cc1ccc(S(=O)(=O)NC(Cc2ccccc2)CC2(OC(=O)NCc3cncs3)CCNCC2)cc1. The molecule has 10 heteroatoms. The highest BCUT2D eigenvalue weighted by atomic mass is 32.2. The monoisotopic (exact) mass is 528 g/mol. The number of hydrogen-bond donors (Lipinski definition) is 3. The van der Waals surface area contributed by atoms with Crippen LogP contribution in [0.1, 0.15) is 35.3 Å². The van der Waals surface area contributed by atoms with E-state index >= 15 is 0 Å². The molecule has 1 aliphatic rings. The van der Waals surface area contributed by atoms with Gasteiger partial charge in [-0.25, -0.2) is 17.9 Å². The first-order valence-corrected chi connectivity index (χ1v) is 14.4. The number of alkyl carbamates (subject to hydrolysis) is 1. The molecule has 4 rings (SSSR count). The molecule has 2 aromatic carbocycles. The van der Waals surface area contributed by atoms with E-state index < -0.39 is 27.8 Å².